The Kier molecular flexibility index (Phi) is 4.81. The zero-order valence-electron chi connectivity index (χ0n) is 10.4. The maximum atomic E-state index is 13.7. The van der Waals surface area contributed by atoms with Gasteiger partial charge in [0.1, 0.15) is 16.8 Å². The van der Waals surface area contributed by atoms with E-state index in [4.69, 9.17) is 5.73 Å². The fourth-order valence-corrected chi connectivity index (χ4v) is 3.44. The lowest BCUT2D eigenvalue weighted by molar-refractivity contribution is 0.576. The molecule has 0 saturated heterocycles. The van der Waals surface area contributed by atoms with E-state index in [1.807, 2.05) is 4.72 Å². The van der Waals surface area contributed by atoms with Crippen molar-refractivity contribution in [1.29, 1.82) is 0 Å². The molecule has 4 nitrogen and oxygen atoms in total. The molecule has 106 valence electrons. The van der Waals surface area contributed by atoms with Crippen LogP contribution in [-0.4, -0.2) is 18.7 Å². The molecule has 1 rings (SSSR count). The molecule has 0 saturated carbocycles. The molecule has 0 radical (unpaired) electrons. The molecule has 3 N–H and O–H groups in total. The molecule has 0 fully saturated rings. The molecule has 0 aliphatic carbocycles. The van der Waals surface area contributed by atoms with E-state index in [9.17, 15) is 17.2 Å². The Labute approximate surface area is 116 Å². The highest BCUT2D eigenvalue weighted by atomic mass is 32.2. The van der Waals surface area contributed by atoms with Gasteiger partial charge in [-0.15, -0.1) is 0 Å². The predicted molar refractivity (Wildman–Crippen MR) is 74.5 cm³/mol. The van der Waals surface area contributed by atoms with E-state index >= 15 is 0 Å². The number of hydrogen-bond donors (Lipinski definition) is 2. The maximum absolute atomic E-state index is 13.7. The van der Waals surface area contributed by atoms with E-state index in [1.165, 1.54) is 13.0 Å². The minimum absolute atomic E-state index is 0.111. The van der Waals surface area contributed by atoms with Gasteiger partial charge in [-0.25, -0.2) is 17.2 Å². The van der Waals surface area contributed by atoms with Gasteiger partial charge in [-0.3, -0.25) is 4.72 Å². The lowest BCUT2D eigenvalue weighted by atomic mass is 10.2. The summed E-state index contributed by atoms with van der Waals surface area (Å²) in [7, 11) is -4.08. The average molecular weight is 308 g/mol. The third kappa shape index (κ3) is 3.38. The largest absolute Gasteiger partial charge is 0.392 e. The van der Waals surface area contributed by atoms with Crippen LogP contribution >= 0.6 is 12.2 Å². The van der Waals surface area contributed by atoms with Crippen molar-refractivity contribution in [2.75, 3.05) is 4.72 Å². The summed E-state index contributed by atoms with van der Waals surface area (Å²) in [5.74, 6) is -1.95. The summed E-state index contributed by atoms with van der Waals surface area (Å²) >= 11 is 4.64. The van der Waals surface area contributed by atoms with E-state index in [2.05, 4.69) is 12.2 Å². The molecule has 0 amide bonds. The minimum Gasteiger partial charge on any atom is -0.392 e. The van der Waals surface area contributed by atoms with Gasteiger partial charge in [-0.2, -0.15) is 0 Å². The van der Waals surface area contributed by atoms with E-state index in [-0.39, 0.29) is 17.0 Å². The van der Waals surface area contributed by atoms with Crippen LogP contribution in [0.1, 0.15) is 18.9 Å². The quantitative estimate of drug-likeness (QED) is 0.817. The van der Waals surface area contributed by atoms with Crippen molar-refractivity contribution in [2.24, 2.45) is 5.73 Å². The Morgan fingerprint density at radius 2 is 2.05 bits per heavy atom. The SMILES string of the molecule is CCC(C(N)=S)S(=O)(=O)Nc1c(F)ccc(C)c1F. The average Bonchev–Trinajstić information content (AvgIpc) is 2.29. The van der Waals surface area contributed by atoms with Gasteiger partial charge in [0.15, 0.2) is 5.82 Å². The van der Waals surface area contributed by atoms with Crippen molar-refractivity contribution >= 4 is 32.9 Å². The predicted octanol–water partition coefficient (Wildman–Crippen LogP) is 2.08. The Balaban J connectivity index is 3.23. The molecule has 0 aliphatic heterocycles. The molecule has 1 atom stereocenters. The lowest BCUT2D eigenvalue weighted by Crippen LogP contribution is -2.38. The van der Waals surface area contributed by atoms with Crippen LogP contribution in [0.3, 0.4) is 0 Å². The molecule has 1 aromatic carbocycles. The van der Waals surface area contributed by atoms with Crippen LogP contribution in [0.4, 0.5) is 14.5 Å². The molecule has 0 bridgehead atoms. The molecule has 19 heavy (non-hydrogen) atoms. The number of benzene rings is 1. The highest BCUT2D eigenvalue weighted by Crippen LogP contribution is 2.24. The third-order valence-corrected chi connectivity index (χ3v) is 4.85. The van der Waals surface area contributed by atoms with Crippen LogP contribution in [0.2, 0.25) is 0 Å². The van der Waals surface area contributed by atoms with Crippen molar-refractivity contribution in [2.45, 2.75) is 25.5 Å². The highest BCUT2D eigenvalue weighted by molar-refractivity contribution is 7.95. The van der Waals surface area contributed by atoms with Crippen LogP contribution in [0.5, 0.6) is 0 Å². The molecule has 0 aliphatic rings. The van der Waals surface area contributed by atoms with Gasteiger partial charge in [0.05, 0.1) is 4.99 Å². The number of rotatable bonds is 5. The van der Waals surface area contributed by atoms with Crippen molar-refractivity contribution in [3.05, 3.63) is 29.3 Å². The second-order valence-electron chi connectivity index (χ2n) is 4.00. The number of nitrogens with one attached hydrogen (secondary N) is 1. The summed E-state index contributed by atoms with van der Waals surface area (Å²) in [6.07, 6.45) is 0.111. The van der Waals surface area contributed by atoms with Crippen molar-refractivity contribution in [1.82, 2.24) is 0 Å². The third-order valence-electron chi connectivity index (χ3n) is 2.59. The zero-order valence-corrected chi connectivity index (χ0v) is 12.0. The second-order valence-corrected chi connectivity index (χ2v) is 6.33. The first-order valence-electron chi connectivity index (χ1n) is 5.46. The number of hydrogen-bond acceptors (Lipinski definition) is 3. The van der Waals surface area contributed by atoms with Gasteiger partial charge in [0, 0.05) is 0 Å². The Morgan fingerprint density at radius 1 is 1.47 bits per heavy atom. The van der Waals surface area contributed by atoms with Gasteiger partial charge < -0.3 is 5.73 Å². The number of anilines is 1. The van der Waals surface area contributed by atoms with Crippen LogP contribution in [-0.2, 0) is 10.0 Å². The number of nitrogens with two attached hydrogens (primary N) is 1. The zero-order chi connectivity index (χ0) is 14.8. The first kappa shape index (κ1) is 15.8. The summed E-state index contributed by atoms with van der Waals surface area (Å²) < 4.78 is 53.1. The second kappa shape index (κ2) is 5.79. The van der Waals surface area contributed by atoms with Gasteiger partial charge in [0.25, 0.3) is 0 Å². The van der Waals surface area contributed by atoms with Crippen LogP contribution in [0.15, 0.2) is 12.1 Å². The highest BCUT2D eigenvalue weighted by Gasteiger charge is 2.28. The summed E-state index contributed by atoms with van der Waals surface area (Å²) in [5, 5.41) is -1.18. The molecule has 8 heteroatoms. The van der Waals surface area contributed by atoms with E-state index in [0.29, 0.717) is 0 Å². The number of sulfonamides is 1. The standard InChI is InChI=1S/C11H14F2N2O2S2/c1-3-8(11(14)18)19(16,17)15-10-7(12)5-4-6(2)9(10)13/h4-5,8,15H,3H2,1-2H3,(H2,14,18). The molecule has 0 spiro atoms. The Morgan fingerprint density at radius 3 is 2.53 bits per heavy atom. The first-order valence-corrected chi connectivity index (χ1v) is 7.41. The lowest BCUT2D eigenvalue weighted by Gasteiger charge is -2.17. The monoisotopic (exact) mass is 308 g/mol. The van der Waals surface area contributed by atoms with E-state index in [1.54, 1.807) is 6.92 Å². The van der Waals surface area contributed by atoms with Crippen LogP contribution in [0.25, 0.3) is 0 Å². The number of thiocarbonyl (C=S) groups is 1. The number of aryl methyl sites for hydroxylation is 1. The molecule has 0 heterocycles. The van der Waals surface area contributed by atoms with Crippen molar-refractivity contribution in [3.8, 4) is 0 Å². The maximum Gasteiger partial charge on any atom is 0.242 e. The molecular formula is C11H14F2N2O2S2. The van der Waals surface area contributed by atoms with Gasteiger partial charge in [-0.05, 0) is 25.0 Å². The van der Waals surface area contributed by atoms with Gasteiger partial charge >= 0.3 is 0 Å². The summed E-state index contributed by atoms with van der Waals surface area (Å²) in [6, 6.07) is 2.20. The van der Waals surface area contributed by atoms with Crippen LogP contribution in [0, 0.1) is 18.6 Å². The van der Waals surface area contributed by atoms with Crippen molar-refractivity contribution in [3.63, 3.8) is 0 Å². The fourth-order valence-electron chi connectivity index (χ4n) is 1.54. The first-order chi connectivity index (χ1) is 8.70. The molecular weight excluding hydrogens is 294 g/mol. The summed E-state index contributed by atoms with van der Waals surface area (Å²) in [4.78, 5) is -0.247. The van der Waals surface area contributed by atoms with Gasteiger partial charge in [0.2, 0.25) is 10.0 Å². The van der Waals surface area contributed by atoms with E-state index in [0.717, 1.165) is 6.07 Å². The van der Waals surface area contributed by atoms with Gasteiger partial charge in [-0.1, -0.05) is 25.2 Å². The van der Waals surface area contributed by atoms with E-state index < -0.39 is 32.6 Å². The number of halogens is 2. The molecule has 0 aromatic heterocycles. The van der Waals surface area contributed by atoms with Crippen molar-refractivity contribution < 1.29 is 17.2 Å². The summed E-state index contributed by atoms with van der Waals surface area (Å²) in [5.41, 5.74) is 4.73. The summed E-state index contributed by atoms with van der Waals surface area (Å²) in [6.45, 7) is 2.96. The molecule has 1 unspecified atom stereocenters. The van der Waals surface area contributed by atoms with Crippen LogP contribution < -0.4 is 10.5 Å². The Bertz CT molecular complexity index is 603. The Hall–Kier alpha value is -1.28. The normalized spacial score (nSPS) is 13.1. The topological polar surface area (TPSA) is 72.2 Å². The molecule has 1 aromatic rings. The minimum atomic E-state index is -4.08. The fraction of sp³-hybridized carbons (Fsp3) is 0.364. The smallest absolute Gasteiger partial charge is 0.242 e.